The highest BCUT2D eigenvalue weighted by atomic mass is 35.5. The molecule has 214 valence electrons. The molecule has 0 bridgehead atoms. The first-order valence-corrected chi connectivity index (χ1v) is 15.2. The normalized spacial score (nSPS) is 10.2. The fraction of sp³-hybridized carbons (Fsp3) is 0.257. The standard InChI is InChI=1S/C18H18N2.C15H15ClO2S.C2H6/c1-3-15-13-20(17-11-9-14(2)10-12-17)19-18(15)16-7-5-4-6-8-16;1-10-9-12(18-2)5-3-11(10)4-6-13(17)14-7-8-15(16)19-14;1-2/h4-13H,3H2,1-2H3;3,5,7-9H,4,6H2,1-2H3;1-2H3. The molecule has 0 N–H and O–H groups in total. The maximum absolute atomic E-state index is 12.0. The zero-order valence-corrected chi connectivity index (χ0v) is 26.4. The molecule has 0 unspecified atom stereocenters. The van der Waals surface area contributed by atoms with Crippen molar-refractivity contribution in [3.8, 4) is 22.7 Å². The lowest BCUT2D eigenvalue weighted by atomic mass is 10.0. The number of aryl methyl sites for hydroxylation is 4. The molecule has 0 saturated carbocycles. The molecule has 0 amide bonds. The van der Waals surface area contributed by atoms with E-state index in [1.54, 1.807) is 19.2 Å². The van der Waals surface area contributed by atoms with Gasteiger partial charge in [-0.15, -0.1) is 11.3 Å². The molecule has 41 heavy (non-hydrogen) atoms. The number of benzene rings is 3. The van der Waals surface area contributed by atoms with Crippen molar-refractivity contribution >= 4 is 28.7 Å². The third-order valence-corrected chi connectivity index (χ3v) is 7.81. The fourth-order valence-electron chi connectivity index (χ4n) is 4.25. The number of Topliss-reactive ketones (excluding diaryl/α,β-unsaturated/α-hetero) is 1. The summed E-state index contributed by atoms with van der Waals surface area (Å²) in [6.45, 7) is 10.3. The van der Waals surface area contributed by atoms with Crippen LogP contribution in [0.25, 0.3) is 16.9 Å². The Bertz CT molecular complexity index is 1520. The summed E-state index contributed by atoms with van der Waals surface area (Å²) in [5.41, 5.74) is 8.22. The molecule has 2 aromatic heterocycles. The predicted molar refractivity (Wildman–Crippen MR) is 174 cm³/mol. The monoisotopic (exact) mass is 586 g/mol. The molecule has 0 fully saturated rings. The number of carbonyl (C=O) groups is 1. The summed E-state index contributed by atoms with van der Waals surface area (Å²) < 4.78 is 7.80. The van der Waals surface area contributed by atoms with Crippen LogP contribution in [0.2, 0.25) is 4.34 Å². The Balaban J connectivity index is 0.000000213. The van der Waals surface area contributed by atoms with Crippen molar-refractivity contribution < 1.29 is 9.53 Å². The first-order valence-electron chi connectivity index (χ1n) is 14.0. The van der Waals surface area contributed by atoms with Crippen molar-refractivity contribution in [3.05, 3.63) is 123 Å². The summed E-state index contributed by atoms with van der Waals surface area (Å²) in [5.74, 6) is 0.990. The summed E-state index contributed by atoms with van der Waals surface area (Å²) in [5, 5.41) is 4.77. The molecule has 4 nitrogen and oxygen atoms in total. The minimum atomic E-state index is 0.145. The van der Waals surface area contributed by atoms with E-state index in [1.807, 2.05) is 49.7 Å². The number of halogens is 1. The molecule has 0 atom stereocenters. The smallest absolute Gasteiger partial charge is 0.173 e. The third-order valence-electron chi connectivity index (χ3n) is 6.54. The van der Waals surface area contributed by atoms with Crippen LogP contribution in [-0.2, 0) is 12.8 Å². The maximum Gasteiger partial charge on any atom is 0.173 e. The van der Waals surface area contributed by atoms with E-state index in [0.717, 1.165) is 40.4 Å². The van der Waals surface area contributed by atoms with E-state index < -0.39 is 0 Å². The van der Waals surface area contributed by atoms with Crippen LogP contribution in [0.15, 0.2) is 91.1 Å². The lowest BCUT2D eigenvalue weighted by Crippen LogP contribution is -2.00. The summed E-state index contributed by atoms with van der Waals surface area (Å²) in [7, 11) is 1.65. The molecular formula is C35H39ClN2O2S. The Labute approximate surface area is 253 Å². The van der Waals surface area contributed by atoms with E-state index in [0.29, 0.717) is 10.8 Å². The van der Waals surface area contributed by atoms with Crippen molar-refractivity contribution in [2.75, 3.05) is 7.11 Å². The van der Waals surface area contributed by atoms with Crippen molar-refractivity contribution in [1.29, 1.82) is 0 Å². The average molecular weight is 587 g/mol. The Morgan fingerprint density at radius 2 is 1.63 bits per heavy atom. The molecule has 0 saturated heterocycles. The van der Waals surface area contributed by atoms with Gasteiger partial charge in [0.2, 0.25) is 0 Å². The second-order valence-electron chi connectivity index (χ2n) is 9.32. The number of hydrogen-bond acceptors (Lipinski definition) is 4. The molecular weight excluding hydrogens is 548 g/mol. The van der Waals surface area contributed by atoms with Gasteiger partial charge in [0.25, 0.3) is 0 Å². The quantitative estimate of drug-likeness (QED) is 0.170. The zero-order chi connectivity index (χ0) is 29.8. The van der Waals surface area contributed by atoms with E-state index in [9.17, 15) is 4.79 Å². The molecule has 2 heterocycles. The predicted octanol–water partition coefficient (Wildman–Crippen LogP) is 9.97. The molecule has 6 heteroatoms. The van der Waals surface area contributed by atoms with Gasteiger partial charge in [0.05, 0.1) is 27.7 Å². The van der Waals surface area contributed by atoms with Crippen molar-refractivity contribution in [3.63, 3.8) is 0 Å². The number of thiophene rings is 1. The van der Waals surface area contributed by atoms with E-state index >= 15 is 0 Å². The number of aromatic nitrogens is 2. The van der Waals surface area contributed by atoms with Gasteiger partial charge in [0.1, 0.15) is 5.75 Å². The maximum atomic E-state index is 12.0. The van der Waals surface area contributed by atoms with Crippen LogP contribution in [0.4, 0.5) is 0 Å². The molecule has 3 aromatic carbocycles. The first-order chi connectivity index (χ1) is 19.9. The Hall–Kier alpha value is -3.67. The van der Waals surface area contributed by atoms with Gasteiger partial charge in [-0.05, 0) is 79.8 Å². The lowest BCUT2D eigenvalue weighted by Gasteiger charge is -2.07. The van der Waals surface area contributed by atoms with E-state index in [-0.39, 0.29) is 5.78 Å². The van der Waals surface area contributed by atoms with E-state index in [2.05, 4.69) is 68.6 Å². The molecule has 5 aromatic rings. The van der Waals surface area contributed by atoms with Crippen LogP contribution in [-0.4, -0.2) is 22.7 Å². The van der Waals surface area contributed by atoms with Crippen LogP contribution in [0.5, 0.6) is 5.75 Å². The largest absolute Gasteiger partial charge is 0.497 e. The summed E-state index contributed by atoms with van der Waals surface area (Å²) in [6, 6.07) is 28.3. The van der Waals surface area contributed by atoms with Crippen molar-refractivity contribution in [2.24, 2.45) is 0 Å². The SMILES string of the molecule is CC.CCc1cn(-c2ccc(C)cc2)nc1-c1ccccc1.COc1ccc(CCC(=O)c2ccc(Cl)s2)c(C)c1. The zero-order valence-electron chi connectivity index (χ0n) is 24.8. The van der Waals surface area contributed by atoms with Crippen molar-refractivity contribution in [2.45, 2.75) is 53.9 Å². The van der Waals surface area contributed by atoms with Crippen LogP contribution in [0.3, 0.4) is 0 Å². The fourth-order valence-corrected chi connectivity index (χ4v) is 5.26. The van der Waals surface area contributed by atoms with Gasteiger partial charge in [-0.3, -0.25) is 4.79 Å². The van der Waals surface area contributed by atoms with Crippen LogP contribution < -0.4 is 4.74 Å². The van der Waals surface area contributed by atoms with Gasteiger partial charge >= 0.3 is 0 Å². The summed E-state index contributed by atoms with van der Waals surface area (Å²) in [4.78, 5) is 12.7. The number of hydrogen-bond donors (Lipinski definition) is 0. The van der Waals surface area contributed by atoms with Crippen LogP contribution in [0, 0.1) is 13.8 Å². The summed E-state index contributed by atoms with van der Waals surface area (Å²) in [6.07, 6.45) is 4.36. The number of nitrogens with zero attached hydrogens (tertiary/aromatic N) is 2. The topological polar surface area (TPSA) is 44.1 Å². The van der Waals surface area contributed by atoms with Gasteiger partial charge in [0.15, 0.2) is 5.78 Å². The molecule has 0 aliphatic carbocycles. The Morgan fingerprint density at radius 3 is 2.22 bits per heavy atom. The second kappa shape index (κ2) is 15.9. The molecule has 0 aliphatic rings. The molecule has 0 spiro atoms. The highest BCUT2D eigenvalue weighted by Gasteiger charge is 2.11. The average Bonchev–Trinajstić information content (AvgIpc) is 3.65. The number of carbonyl (C=O) groups excluding carboxylic acids is 1. The van der Waals surface area contributed by atoms with Gasteiger partial charge in [-0.25, -0.2) is 4.68 Å². The van der Waals surface area contributed by atoms with Crippen LogP contribution >= 0.6 is 22.9 Å². The van der Waals surface area contributed by atoms with Crippen molar-refractivity contribution in [1.82, 2.24) is 9.78 Å². The van der Waals surface area contributed by atoms with Gasteiger partial charge < -0.3 is 4.74 Å². The van der Waals surface area contributed by atoms with Gasteiger partial charge in [-0.1, -0.05) is 86.5 Å². The number of ketones is 1. The van der Waals surface area contributed by atoms with Gasteiger partial charge in [-0.2, -0.15) is 5.10 Å². The number of ether oxygens (including phenoxy) is 1. The highest BCUT2D eigenvalue weighted by Crippen LogP contribution is 2.25. The van der Waals surface area contributed by atoms with Gasteiger partial charge in [0, 0.05) is 18.2 Å². The summed E-state index contributed by atoms with van der Waals surface area (Å²) >= 11 is 7.17. The second-order valence-corrected chi connectivity index (χ2v) is 11.0. The van der Waals surface area contributed by atoms with E-state index in [4.69, 9.17) is 21.4 Å². The minimum Gasteiger partial charge on any atom is -0.497 e. The highest BCUT2D eigenvalue weighted by molar-refractivity contribution is 7.18. The third kappa shape index (κ3) is 8.91. The minimum absolute atomic E-state index is 0.145. The molecule has 0 radical (unpaired) electrons. The Kier molecular flexibility index (Phi) is 12.4. The number of methoxy groups -OCH3 is 1. The molecule has 5 rings (SSSR count). The number of rotatable bonds is 8. The first kappa shape index (κ1) is 31.9. The van der Waals surface area contributed by atoms with E-state index in [1.165, 1.54) is 33.6 Å². The lowest BCUT2D eigenvalue weighted by molar-refractivity contribution is 0.0986. The Morgan fingerprint density at radius 1 is 0.927 bits per heavy atom. The van der Waals surface area contributed by atoms with Crippen LogP contribution in [0.1, 0.15) is 59.1 Å². The molecule has 0 aliphatic heterocycles.